The van der Waals surface area contributed by atoms with E-state index >= 15 is 0 Å². The molecule has 0 bridgehead atoms. The van der Waals surface area contributed by atoms with Crippen LogP contribution >= 0.6 is 23.5 Å². The summed E-state index contributed by atoms with van der Waals surface area (Å²) in [5.74, 6) is 1.14. The lowest BCUT2D eigenvalue weighted by Crippen LogP contribution is -2.25. The smallest absolute Gasteiger partial charge is 0.450 e. The van der Waals surface area contributed by atoms with Crippen LogP contribution < -0.4 is 19.6 Å². The van der Waals surface area contributed by atoms with Crippen LogP contribution in [-0.4, -0.2) is 111 Å². The van der Waals surface area contributed by atoms with Crippen LogP contribution in [0.15, 0.2) is 100 Å². The number of methoxy groups -OCH3 is 3. The molecule has 0 fully saturated rings. The van der Waals surface area contributed by atoms with Crippen LogP contribution in [0.25, 0.3) is 34.1 Å². The molecule has 1 atom stereocenters. The first-order chi connectivity index (χ1) is 38.4. The molecule has 8 rings (SSSR count). The molecule has 0 radical (unpaired) electrons. The van der Waals surface area contributed by atoms with E-state index < -0.39 is 58.7 Å². The van der Waals surface area contributed by atoms with E-state index in [4.69, 9.17) is 19.6 Å². The molecule has 17 nitrogen and oxygen atoms in total. The van der Waals surface area contributed by atoms with Gasteiger partial charge in [-0.25, -0.2) is 9.97 Å². The molecule has 0 aliphatic carbocycles. The number of hydrogen-bond donors (Lipinski definition) is 2. The SMILES string of the molecule is CCCCS(=O)c1nc2nc(-c3ccc(OC)cc3)cc(C(F)(F)F)n2n1.CCCCSC1=NNC(=N)C1.CCCCSc1nc2nc(-c3ccc(OC)cc3)cc(C(F)(F)F)n2n1.COc1ccc(C(=O)CC(=O)C(F)(F)F)cc1. The zero-order valence-corrected chi connectivity index (χ0v) is 46.9. The maximum Gasteiger partial charge on any atom is 0.450 e. The third kappa shape index (κ3) is 19.2. The first kappa shape index (κ1) is 64.7. The van der Waals surface area contributed by atoms with Crippen molar-refractivity contribution in [1.82, 2.24) is 44.6 Å². The van der Waals surface area contributed by atoms with Gasteiger partial charge >= 0.3 is 18.5 Å². The van der Waals surface area contributed by atoms with Gasteiger partial charge in [-0.15, -0.1) is 22.0 Å². The molecule has 29 heteroatoms. The summed E-state index contributed by atoms with van der Waals surface area (Å²) in [7, 11) is 2.87. The number of ketones is 2. The summed E-state index contributed by atoms with van der Waals surface area (Å²) in [6.45, 7) is 6.15. The molecule has 2 N–H and O–H groups in total. The van der Waals surface area contributed by atoms with Gasteiger partial charge in [0.05, 0.1) is 56.4 Å². The van der Waals surface area contributed by atoms with E-state index in [1.807, 2.05) is 13.8 Å². The number of aromatic nitrogens is 8. The number of halogens is 9. The van der Waals surface area contributed by atoms with Crippen LogP contribution in [0.3, 0.4) is 0 Å². The largest absolute Gasteiger partial charge is 0.497 e. The minimum Gasteiger partial charge on any atom is -0.497 e. The summed E-state index contributed by atoms with van der Waals surface area (Å²) in [6, 6.07) is 20.5. The molecular formula is C52H56F9N11O6S3. The maximum absolute atomic E-state index is 13.5. The van der Waals surface area contributed by atoms with E-state index in [-0.39, 0.29) is 33.7 Å². The number of unbranched alkanes of at least 4 members (excludes halogenated alkanes) is 3. The second kappa shape index (κ2) is 30.1. The first-order valence-corrected chi connectivity index (χ1v) is 28.0. The summed E-state index contributed by atoms with van der Waals surface area (Å²) < 4.78 is 145. The van der Waals surface area contributed by atoms with Gasteiger partial charge in [-0.05, 0) is 110 Å². The Morgan fingerprint density at radius 3 is 1.53 bits per heavy atom. The second-order valence-corrected chi connectivity index (χ2v) is 20.7. The molecule has 1 aliphatic heterocycles. The Kier molecular flexibility index (Phi) is 24.0. The Labute approximate surface area is 470 Å². The van der Waals surface area contributed by atoms with Crippen molar-refractivity contribution in [2.45, 2.75) is 101 Å². The average Bonchev–Trinajstić information content (AvgIpc) is 4.22. The molecule has 0 spiro atoms. The van der Waals surface area contributed by atoms with Crippen LogP contribution in [0, 0.1) is 5.41 Å². The summed E-state index contributed by atoms with van der Waals surface area (Å²) in [5.41, 5.74) is 2.06. The van der Waals surface area contributed by atoms with E-state index in [1.54, 1.807) is 60.3 Å². The number of Topliss-reactive ketones (excluding diaryl/α,β-unsaturated/α-hetero) is 2. The average molecular weight is 1200 g/mol. The Hall–Kier alpha value is -7.14. The third-order valence-electron chi connectivity index (χ3n) is 11.0. The normalized spacial score (nSPS) is 12.7. The van der Waals surface area contributed by atoms with Crippen molar-refractivity contribution in [2.24, 2.45) is 5.10 Å². The van der Waals surface area contributed by atoms with Crippen molar-refractivity contribution in [1.29, 1.82) is 5.41 Å². The lowest BCUT2D eigenvalue weighted by Gasteiger charge is -2.10. The molecule has 5 heterocycles. The zero-order chi connectivity index (χ0) is 59.5. The number of benzene rings is 3. The molecule has 0 saturated carbocycles. The van der Waals surface area contributed by atoms with Crippen LogP contribution in [0.5, 0.6) is 17.2 Å². The fourth-order valence-electron chi connectivity index (χ4n) is 6.66. The highest BCUT2D eigenvalue weighted by atomic mass is 32.2. The van der Waals surface area contributed by atoms with Crippen molar-refractivity contribution in [2.75, 3.05) is 38.6 Å². The topological polar surface area (TPSA) is 213 Å². The zero-order valence-electron chi connectivity index (χ0n) is 44.5. The van der Waals surface area contributed by atoms with Gasteiger partial charge in [-0.2, -0.15) is 63.6 Å². The summed E-state index contributed by atoms with van der Waals surface area (Å²) >= 11 is 3.09. The first-order valence-electron chi connectivity index (χ1n) is 24.7. The van der Waals surface area contributed by atoms with Gasteiger partial charge in [-0.1, -0.05) is 51.8 Å². The van der Waals surface area contributed by atoms with Crippen molar-refractivity contribution in [3.8, 4) is 39.8 Å². The maximum atomic E-state index is 13.5. The summed E-state index contributed by atoms with van der Waals surface area (Å²) in [4.78, 5) is 38.5. The predicted molar refractivity (Wildman–Crippen MR) is 291 cm³/mol. The molecule has 1 unspecified atom stereocenters. The molecule has 7 aromatic rings. The van der Waals surface area contributed by atoms with Gasteiger partial charge in [0.15, 0.2) is 17.2 Å². The molecule has 3 aromatic carbocycles. The monoisotopic (exact) mass is 1200 g/mol. The fourth-order valence-corrected chi connectivity index (χ4v) is 9.67. The predicted octanol–water partition coefficient (Wildman–Crippen LogP) is 12.6. The van der Waals surface area contributed by atoms with Crippen LogP contribution in [0.1, 0.15) is 93.9 Å². The summed E-state index contributed by atoms with van der Waals surface area (Å²) in [5, 5.41) is 20.2. The Bertz CT molecular complexity index is 3270. The number of amidine groups is 1. The molecular weight excluding hydrogens is 1140 g/mol. The number of fused-ring (bicyclic) bond motifs is 2. The fraction of sp³-hybridized carbons (Fsp3) is 0.385. The van der Waals surface area contributed by atoms with Gasteiger partial charge in [0, 0.05) is 28.2 Å². The number of hydrogen-bond acceptors (Lipinski definition) is 16. The molecule has 1 aliphatic rings. The van der Waals surface area contributed by atoms with E-state index in [0.29, 0.717) is 62.5 Å². The number of carbonyl (C=O) groups excluding carboxylic acids is 2. The van der Waals surface area contributed by atoms with E-state index in [9.17, 15) is 53.3 Å². The van der Waals surface area contributed by atoms with Crippen LogP contribution in [0.4, 0.5) is 39.5 Å². The lowest BCUT2D eigenvalue weighted by atomic mass is 10.1. The lowest BCUT2D eigenvalue weighted by molar-refractivity contribution is -0.170. The Balaban J connectivity index is 0.000000208. The molecule has 81 heavy (non-hydrogen) atoms. The minimum atomic E-state index is -4.97. The molecule has 436 valence electrons. The minimum absolute atomic E-state index is 0.0448. The van der Waals surface area contributed by atoms with E-state index in [0.717, 1.165) is 52.5 Å². The number of alkyl halides is 9. The summed E-state index contributed by atoms with van der Waals surface area (Å²) in [6.07, 6.45) is -8.80. The van der Waals surface area contributed by atoms with Gasteiger partial charge in [0.1, 0.15) is 28.1 Å². The van der Waals surface area contributed by atoms with Crippen LogP contribution in [0.2, 0.25) is 0 Å². The Morgan fingerprint density at radius 2 is 1.10 bits per heavy atom. The van der Waals surface area contributed by atoms with Crippen LogP contribution in [-0.2, 0) is 27.9 Å². The number of nitrogens with zero attached hydrogens (tertiary/aromatic N) is 9. The van der Waals surface area contributed by atoms with Gasteiger partial charge in [0.2, 0.25) is 16.1 Å². The molecule has 4 aromatic heterocycles. The van der Waals surface area contributed by atoms with Gasteiger partial charge in [-0.3, -0.25) is 24.6 Å². The van der Waals surface area contributed by atoms with Crippen molar-refractivity contribution >= 4 is 68.3 Å². The number of carbonyl (C=O) groups is 2. The highest BCUT2D eigenvalue weighted by Gasteiger charge is 2.40. The molecule has 0 amide bonds. The standard InChI is InChI=1S/C17H17F3N4O2S.C17H17F3N4OS.C11H9F3O3.C7H13N3S/c1-3-4-9-27(25)16-22-15-21-13(11-5-7-12(26-2)8-6-11)10-14(17(18,19)20)24(15)23-16;1-3-4-9-26-16-22-15-21-13(11-5-7-12(25-2)8-6-11)10-14(17(18,19)20)24(15)23-16;1-17-8-4-2-7(3-5-8)9(15)6-10(16)11(12,13)14;1-2-3-4-11-7-5-6(8)9-10-7/h5-8,10H,3-4,9H2,1-2H3;5-8,10H,3-4,9H2,1-2H3;2-5H,6H2,1H3;2-5H2,1H3,(H2,8,9). The number of rotatable bonds is 19. The number of ether oxygens (including phenoxy) is 3. The Morgan fingerprint density at radius 1 is 0.642 bits per heavy atom. The number of hydrazone groups is 1. The highest BCUT2D eigenvalue weighted by Crippen LogP contribution is 2.35. The molecule has 0 saturated heterocycles. The highest BCUT2D eigenvalue weighted by molar-refractivity contribution is 8.14. The van der Waals surface area contributed by atoms with Crippen molar-refractivity contribution in [3.05, 3.63) is 102 Å². The number of nitrogens with one attached hydrogen (secondary N) is 2. The third-order valence-corrected chi connectivity index (χ3v) is 14.2. The van der Waals surface area contributed by atoms with Crippen molar-refractivity contribution < 1.29 is 67.5 Å². The van der Waals surface area contributed by atoms with E-state index in [1.165, 1.54) is 70.2 Å². The van der Waals surface area contributed by atoms with Gasteiger partial charge < -0.3 is 14.2 Å². The quantitative estimate of drug-likeness (QED) is 0.0253. The second-order valence-electron chi connectivity index (χ2n) is 17.0. The van der Waals surface area contributed by atoms with Crippen molar-refractivity contribution in [3.63, 3.8) is 0 Å². The van der Waals surface area contributed by atoms with E-state index in [2.05, 4.69) is 47.6 Å². The number of thioether (sulfide) groups is 2. The van der Waals surface area contributed by atoms with Gasteiger partial charge in [0.25, 0.3) is 11.6 Å².